The van der Waals surface area contributed by atoms with Crippen molar-refractivity contribution in [1.82, 2.24) is 10.3 Å². The highest BCUT2D eigenvalue weighted by Gasteiger charge is 2.59. The van der Waals surface area contributed by atoms with Crippen molar-refractivity contribution in [2.75, 3.05) is 25.0 Å². The minimum absolute atomic E-state index is 0.0504. The first-order valence-electron chi connectivity index (χ1n) is 10.1. The summed E-state index contributed by atoms with van der Waals surface area (Å²) in [5.74, 6) is 2.31. The van der Waals surface area contributed by atoms with Crippen molar-refractivity contribution < 1.29 is 15.0 Å². The van der Waals surface area contributed by atoms with Gasteiger partial charge in [-0.25, -0.2) is 4.98 Å². The van der Waals surface area contributed by atoms with Gasteiger partial charge >= 0.3 is 0 Å². The summed E-state index contributed by atoms with van der Waals surface area (Å²) in [7, 11) is 0. The van der Waals surface area contributed by atoms with E-state index >= 15 is 0 Å². The summed E-state index contributed by atoms with van der Waals surface area (Å²) in [5, 5.41) is 27.8. The molecule has 0 radical (unpaired) electrons. The summed E-state index contributed by atoms with van der Waals surface area (Å²) in [6.07, 6.45) is 8.94. The molecule has 0 bridgehead atoms. The maximum atomic E-state index is 12.6. The largest absolute Gasteiger partial charge is 0.396 e. The van der Waals surface area contributed by atoms with Gasteiger partial charge in [0.2, 0.25) is 5.91 Å². The van der Waals surface area contributed by atoms with Gasteiger partial charge < -0.3 is 20.8 Å². The Morgan fingerprint density at radius 3 is 2.93 bits per heavy atom. The number of thiazole rings is 1. The van der Waals surface area contributed by atoms with E-state index in [0.717, 1.165) is 28.5 Å². The number of carbonyl (C=O) groups excluding carboxylic acids is 1. The van der Waals surface area contributed by atoms with Crippen LogP contribution in [0.3, 0.4) is 0 Å². The third-order valence-corrected chi connectivity index (χ3v) is 8.12. The first-order valence-corrected chi connectivity index (χ1v) is 10.9. The van der Waals surface area contributed by atoms with Crippen molar-refractivity contribution in [2.24, 2.45) is 16.7 Å². The Kier molecular flexibility index (Phi) is 6.37. The summed E-state index contributed by atoms with van der Waals surface area (Å²) in [6.45, 7) is 8.64. The zero-order valence-corrected chi connectivity index (χ0v) is 18.0. The monoisotopic (exact) mass is 417 g/mol. The molecule has 1 amide bonds. The number of fused-ring (bicyclic) bond motifs is 2. The van der Waals surface area contributed by atoms with Crippen molar-refractivity contribution in [3.05, 3.63) is 23.2 Å². The molecule has 2 aliphatic carbocycles. The van der Waals surface area contributed by atoms with Crippen molar-refractivity contribution in [1.29, 1.82) is 0 Å². The molecule has 0 spiro atoms. The maximum Gasteiger partial charge on any atom is 0.221 e. The third kappa shape index (κ3) is 3.81. The van der Waals surface area contributed by atoms with E-state index in [9.17, 15) is 15.0 Å². The number of terminal acetylenes is 1. The lowest BCUT2D eigenvalue weighted by atomic mass is 9.47. The minimum Gasteiger partial charge on any atom is -0.396 e. The number of hydrogen-bond acceptors (Lipinski definition) is 6. The Hall–Kier alpha value is -1.88. The quantitative estimate of drug-likeness (QED) is 0.403. The van der Waals surface area contributed by atoms with Gasteiger partial charge in [0, 0.05) is 29.2 Å². The molecule has 0 aromatic carbocycles. The summed E-state index contributed by atoms with van der Waals surface area (Å²) in [4.78, 5) is 18.6. The number of hydrogen-bond donors (Lipinski definition) is 4. The molecule has 7 heteroatoms. The number of aliphatic hydroxyl groups is 2. The smallest absolute Gasteiger partial charge is 0.221 e. The Labute approximate surface area is 176 Å². The second kappa shape index (κ2) is 8.47. The van der Waals surface area contributed by atoms with Crippen LogP contribution in [0.4, 0.5) is 5.13 Å². The van der Waals surface area contributed by atoms with Crippen LogP contribution in [0.2, 0.25) is 0 Å². The van der Waals surface area contributed by atoms with E-state index in [4.69, 9.17) is 11.4 Å². The van der Waals surface area contributed by atoms with Gasteiger partial charge in [-0.05, 0) is 30.6 Å². The first-order chi connectivity index (χ1) is 13.8. The van der Waals surface area contributed by atoms with E-state index in [1.54, 1.807) is 17.4 Å². The lowest BCUT2D eigenvalue weighted by Gasteiger charge is -2.58. The highest BCUT2D eigenvalue weighted by Crippen LogP contribution is 2.62. The van der Waals surface area contributed by atoms with Gasteiger partial charge in [0.1, 0.15) is 0 Å². The first kappa shape index (κ1) is 21.8. The number of anilines is 1. The molecule has 29 heavy (non-hydrogen) atoms. The van der Waals surface area contributed by atoms with Crippen molar-refractivity contribution in [2.45, 2.75) is 51.6 Å². The molecule has 1 fully saturated rings. The van der Waals surface area contributed by atoms with Crippen LogP contribution in [0.1, 0.15) is 49.6 Å². The van der Waals surface area contributed by atoms with E-state index in [1.165, 1.54) is 0 Å². The molecule has 1 saturated carbocycles. The van der Waals surface area contributed by atoms with Gasteiger partial charge in [-0.15, -0.1) is 24.3 Å². The molecule has 1 aromatic heterocycles. The molecule has 0 saturated heterocycles. The molecule has 1 heterocycles. The molecule has 4 N–H and O–H groups in total. The summed E-state index contributed by atoms with van der Waals surface area (Å²) >= 11 is 1.59. The van der Waals surface area contributed by atoms with Crippen LogP contribution in [-0.2, 0) is 11.2 Å². The van der Waals surface area contributed by atoms with Crippen LogP contribution in [0, 0.1) is 29.1 Å². The van der Waals surface area contributed by atoms with Gasteiger partial charge in [-0.1, -0.05) is 25.8 Å². The van der Waals surface area contributed by atoms with Crippen LogP contribution >= 0.6 is 11.3 Å². The Morgan fingerprint density at radius 2 is 2.28 bits per heavy atom. The molecule has 5 atom stereocenters. The van der Waals surface area contributed by atoms with Gasteiger partial charge in [-0.3, -0.25) is 4.79 Å². The molecule has 3 rings (SSSR count). The molecule has 0 aliphatic heterocycles. The number of aromatic nitrogens is 1. The minimum atomic E-state index is -0.614. The number of rotatable bonds is 7. The highest BCUT2D eigenvalue weighted by molar-refractivity contribution is 7.15. The summed E-state index contributed by atoms with van der Waals surface area (Å²) in [6, 6.07) is 0. The van der Waals surface area contributed by atoms with Crippen LogP contribution in [0.5, 0.6) is 0 Å². The Balaban J connectivity index is 2.03. The average molecular weight is 418 g/mol. The number of nitrogens with zero attached hydrogens (tertiary/aromatic N) is 1. The summed E-state index contributed by atoms with van der Waals surface area (Å²) in [5.41, 5.74) is 0.102. The second-order valence-electron chi connectivity index (χ2n) is 8.72. The average Bonchev–Trinajstić information content (AvgIpc) is 3.12. The third-order valence-electron chi connectivity index (χ3n) is 7.07. The van der Waals surface area contributed by atoms with Crippen LogP contribution in [0.15, 0.2) is 12.7 Å². The topological polar surface area (TPSA) is 94.5 Å². The molecule has 1 aromatic rings. The lowest BCUT2D eigenvalue weighted by molar-refractivity contribution is -0.144. The van der Waals surface area contributed by atoms with Crippen molar-refractivity contribution in [3.63, 3.8) is 0 Å². The molecule has 5 unspecified atom stereocenters. The molecule has 6 nitrogen and oxygen atoms in total. The SMILES string of the molecule is C#CCNC(=O)CC1c2nc(NCC=C)sc2CC2C(C)(CO)C(O)CCC12C. The lowest BCUT2D eigenvalue weighted by Crippen LogP contribution is -2.57. The van der Waals surface area contributed by atoms with E-state index in [1.807, 2.05) is 6.92 Å². The highest BCUT2D eigenvalue weighted by atomic mass is 32.1. The number of aliphatic hydroxyl groups excluding tert-OH is 2. The fourth-order valence-corrected chi connectivity index (χ4v) is 6.36. The normalized spacial score (nSPS) is 33.1. The van der Waals surface area contributed by atoms with Crippen LogP contribution in [0.25, 0.3) is 0 Å². The molecular formula is C22H31N3O3S. The zero-order valence-electron chi connectivity index (χ0n) is 17.2. The van der Waals surface area contributed by atoms with E-state index in [0.29, 0.717) is 19.4 Å². The summed E-state index contributed by atoms with van der Waals surface area (Å²) < 4.78 is 0. The van der Waals surface area contributed by atoms with Gasteiger partial charge in [-0.2, -0.15) is 0 Å². The molecule has 2 aliphatic rings. The standard InChI is InChI=1S/C22H31N3O3S/c1-5-9-23-18(28)11-14-19-15(29-20(25-19)24-10-6-2)12-16-21(14,3)8-7-17(27)22(16,4)13-26/h1,6,14,16-17,26-27H,2,7-13H2,3-4H3,(H,23,28)(H,24,25). The van der Waals surface area contributed by atoms with Crippen LogP contribution in [-0.4, -0.2) is 46.9 Å². The fraction of sp³-hybridized carbons (Fsp3) is 0.636. The molecule has 158 valence electrons. The van der Waals surface area contributed by atoms with Gasteiger partial charge in [0.15, 0.2) is 5.13 Å². The van der Waals surface area contributed by atoms with Crippen LogP contribution < -0.4 is 10.6 Å². The number of carbonyl (C=O) groups is 1. The molecular weight excluding hydrogens is 386 g/mol. The Morgan fingerprint density at radius 1 is 1.52 bits per heavy atom. The number of nitrogens with one attached hydrogen (secondary N) is 2. The fourth-order valence-electron chi connectivity index (χ4n) is 5.29. The zero-order chi connectivity index (χ0) is 21.2. The maximum absolute atomic E-state index is 12.6. The predicted octanol–water partition coefficient (Wildman–Crippen LogP) is 2.30. The van der Waals surface area contributed by atoms with E-state index < -0.39 is 11.5 Å². The number of amides is 1. The van der Waals surface area contributed by atoms with Gasteiger partial charge in [0.05, 0.1) is 24.9 Å². The van der Waals surface area contributed by atoms with E-state index in [2.05, 4.69) is 30.1 Å². The van der Waals surface area contributed by atoms with Crippen molar-refractivity contribution >= 4 is 22.4 Å². The predicted molar refractivity (Wildman–Crippen MR) is 116 cm³/mol. The van der Waals surface area contributed by atoms with Crippen molar-refractivity contribution in [3.8, 4) is 12.3 Å². The second-order valence-corrected chi connectivity index (χ2v) is 9.80. The Bertz CT molecular complexity index is 817. The van der Waals surface area contributed by atoms with E-state index in [-0.39, 0.29) is 36.3 Å². The van der Waals surface area contributed by atoms with Gasteiger partial charge in [0.25, 0.3) is 0 Å².